The first-order valence-corrected chi connectivity index (χ1v) is 10.5. The molecule has 3 rings (SSSR count). The topological polar surface area (TPSA) is 88.8 Å². The molecule has 2 aromatic rings. The lowest BCUT2D eigenvalue weighted by molar-refractivity contribution is 0.170. The predicted molar refractivity (Wildman–Crippen MR) is 120 cm³/mol. The molecular formula is C23H36N6. The summed E-state index contributed by atoms with van der Waals surface area (Å²) in [6, 6.07) is 6.40. The van der Waals surface area contributed by atoms with E-state index in [-0.39, 0.29) is 16.6 Å². The van der Waals surface area contributed by atoms with Gasteiger partial charge in [-0.1, -0.05) is 0 Å². The van der Waals surface area contributed by atoms with Crippen molar-refractivity contribution in [2.24, 2.45) is 5.73 Å². The third kappa shape index (κ3) is 6.47. The highest BCUT2D eigenvalue weighted by Crippen LogP contribution is 2.30. The molecule has 0 spiro atoms. The van der Waals surface area contributed by atoms with E-state index in [2.05, 4.69) is 60.4 Å². The number of nitrogens with two attached hydrogens (primary N) is 1. The predicted octanol–water partition coefficient (Wildman–Crippen LogP) is 3.93. The Morgan fingerprint density at radius 1 is 1.10 bits per heavy atom. The number of aromatic nitrogens is 3. The second kappa shape index (κ2) is 8.00. The molecule has 1 aliphatic rings. The van der Waals surface area contributed by atoms with Crippen molar-refractivity contribution in [3.8, 4) is 11.3 Å². The number of hydrogen-bond donors (Lipinski definition) is 3. The summed E-state index contributed by atoms with van der Waals surface area (Å²) in [5.41, 5.74) is 8.99. The second-order valence-electron chi connectivity index (χ2n) is 10.4. The molecule has 158 valence electrons. The van der Waals surface area contributed by atoms with Crippen LogP contribution >= 0.6 is 0 Å². The molecule has 4 N–H and O–H groups in total. The van der Waals surface area contributed by atoms with Crippen LogP contribution < -0.4 is 16.4 Å². The Morgan fingerprint density at radius 2 is 1.79 bits per heavy atom. The fourth-order valence-electron chi connectivity index (χ4n) is 4.37. The van der Waals surface area contributed by atoms with Crippen LogP contribution in [0.3, 0.4) is 0 Å². The molecular weight excluding hydrogens is 360 g/mol. The van der Waals surface area contributed by atoms with Crippen LogP contribution in [0.1, 0.15) is 66.5 Å². The molecule has 0 aliphatic carbocycles. The molecule has 0 radical (unpaired) electrons. The SMILES string of the molecule is CC(C)(N)CCc1ccc(-c2ccnc(NC3CC(C)(C)NC(C)(C)C3)n2)cn1. The summed E-state index contributed by atoms with van der Waals surface area (Å²) in [6.45, 7) is 13.1. The Balaban J connectivity index is 1.69. The summed E-state index contributed by atoms with van der Waals surface area (Å²) >= 11 is 0. The fourth-order valence-corrected chi connectivity index (χ4v) is 4.37. The van der Waals surface area contributed by atoms with Gasteiger partial charge in [0.05, 0.1) is 5.69 Å². The summed E-state index contributed by atoms with van der Waals surface area (Å²) in [6.07, 6.45) is 7.54. The molecule has 29 heavy (non-hydrogen) atoms. The summed E-state index contributed by atoms with van der Waals surface area (Å²) < 4.78 is 0. The number of aryl methyl sites for hydroxylation is 1. The van der Waals surface area contributed by atoms with Gasteiger partial charge in [-0.3, -0.25) is 4.98 Å². The van der Waals surface area contributed by atoms with Crippen LogP contribution in [0.2, 0.25) is 0 Å². The number of rotatable bonds is 6. The number of anilines is 1. The van der Waals surface area contributed by atoms with Crippen molar-refractivity contribution < 1.29 is 0 Å². The molecule has 2 aromatic heterocycles. The molecule has 6 heteroatoms. The van der Waals surface area contributed by atoms with Crippen LogP contribution in [0.25, 0.3) is 11.3 Å². The van der Waals surface area contributed by atoms with Crippen LogP contribution in [0.4, 0.5) is 5.95 Å². The maximum atomic E-state index is 6.08. The molecule has 0 unspecified atom stereocenters. The van der Waals surface area contributed by atoms with Gasteiger partial charge >= 0.3 is 0 Å². The number of nitrogens with zero attached hydrogens (tertiary/aromatic N) is 3. The number of nitrogens with one attached hydrogen (secondary N) is 2. The van der Waals surface area contributed by atoms with Gasteiger partial charge in [0.1, 0.15) is 0 Å². The first kappa shape index (κ1) is 21.7. The van der Waals surface area contributed by atoms with Crippen molar-refractivity contribution in [2.45, 2.75) is 89.9 Å². The van der Waals surface area contributed by atoms with Gasteiger partial charge in [-0.2, -0.15) is 0 Å². The highest BCUT2D eigenvalue weighted by molar-refractivity contribution is 5.59. The molecule has 0 amide bonds. The maximum Gasteiger partial charge on any atom is 0.223 e. The highest BCUT2D eigenvalue weighted by Gasteiger charge is 2.37. The molecule has 0 atom stereocenters. The van der Waals surface area contributed by atoms with Crippen molar-refractivity contribution in [3.63, 3.8) is 0 Å². The Morgan fingerprint density at radius 3 is 2.38 bits per heavy atom. The molecule has 3 heterocycles. The average molecular weight is 397 g/mol. The largest absolute Gasteiger partial charge is 0.351 e. The summed E-state index contributed by atoms with van der Waals surface area (Å²) in [4.78, 5) is 13.8. The second-order valence-corrected chi connectivity index (χ2v) is 10.4. The van der Waals surface area contributed by atoms with Gasteiger partial charge in [0.25, 0.3) is 0 Å². The smallest absolute Gasteiger partial charge is 0.223 e. The zero-order valence-corrected chi connectivity index (χ0v) is 18.7. The lowest BCUT2D eigenvalue weighted by atomic mass is 9.80. The van der Waals surface area contributed by atoms with E-state index >= 15 is 0 Å². The average Bonchev–Trinajstić information content (AvgIpc) is 2.57. The van der Waals surface area contributed by atoms with Gasteiger partial charge in [0.15, 0.2) is 0 Å². The van der Waals surface area contributed by atoms with E-state index in [1.165, 1.54) is 0 Å². The summed E-state index contributed by atoms with van der Waals surface area (Å²) in [5, 5.41) is 7.27. The van der Waals surface area contributed by atoms with Gasteiger partial charge in [0, 0.05) is 46.3 Å². The van der Waals surface area contributed by atoms with E-state index in [4.69, 9.17) is 10.7 Å². The summed E-state index contributed by atoms with van der Waals surface area (Å²) in [5.74, 6) is 0.676. The Bertz CT molecular complexity index is 804. The van der Waals surface area contributed by atoms with Gasteiger partial charge in [-0.25, -0.2) is 9.97 Å². The van der Waals surface area contributed by atoms with E-state index < -0.39 is 0 Å². The molecule has 0 saturated carbocycles. The Labute approximate surface area is 175 Å². The molecule has 1 aliphatic heterocycles. The van der Waals surface area contributed by atoms with Gasteiger partial charge < -0.3 is 16.4 Å². The first-order chi connectivity index (χ1) is 13.4. The molecule has 6 nitrogen and oxygen atoms in total. The zero-order valence-electron chi connectivity index (χ0n) is 18.7. The van der Waals surface area contributed by atoms with Crippen LogP contribution in [-0.4, -0.2) is 37.6 Å². The standard InChI is InChI=1S/C23H36N6/c1-21(2,24)11-9-17-8-7-16(15-26-17)19-10-12-25-20(28-19)27-18-13-22(3,4)29-23(5,6)14-18/h7-8,10,12,15,18,29H,9,11,13-14,24H2,1-6H3,(H,25,27,28). The Kier molecular flexibility index (Phi) is 5.97. The molecule has 0 bridgehead atoms. The van der Waals surface area contributed by atoms with E-state index in [1.54, 1.807) is 0 Å². The van der Waals surface area contributed by atoms with Crippen LogP contribution in [0.15, 0.2) is 30.6 Å². The van der Waals surface area contributed by atoms with Crippen LogP contribution in [-0.2, 0) is 6.42 Å². The van der Waals surface area contributed by atoms with Crippen molar-refractivity contribution in [3.05, 3.63) is 36.3 Å². The third-order valence-electron chi connectivity index (χ3n) is 5.32. The van der Waals surface area contributed by atoms with E-state index in [1.807, 2.05) is 32.3 Å². The quantitative estimate of drug-likeness (QED) is 0.686. The van der Waals surface area contributed by atoms with Gasteiger partial charge in [-0.05, 0) is 85.4 Å². The van der Waals surface area contributed by atoms with Crippen LogP contribution in [0, 0.1) is 0 Å². The third-order valence-corrected chi connectivity index (χ3v) is 5.32. The maximum absolute atomic E-state index is 6.08. The minimum absolute atomic E-state index is 0.0782. The van der Waals surface area contributed by atoms with Crippen molar-refractivity contribution in [1.29, 1.82) is 0 Å². The van der Waals surface area contributed by atoms with Crippen molar-refractivity contribution in [2.75, 3.05) is 5.32 Å². The lowest BCUT2D eigenvalue weighted by Gasteiger charge is -2.46. The first-order valence-electron chi connectivity index (χ1n) is 10.5. The van der Waals surface area contributed by atoms with Crippen molar-refractivity contribution in [1.82, 2.24) is 20.3 Å². The molecule has 1 saturated heterocycles. The molecule has 0 aromatic carbocycles. The number of hydrogen-bond acceptors (Lipinski definition) is 6. The van der Waals surface area contributed by atoms with E-state index in [0.717, 1.165) is 42.6 Å². The van der Waals surface area contributed by atoms with Crippen molar-refractivity contribution >= 4 is 5.95 Å². The fraction of sp³-hybridized carbons (Fsp3) is 0.609. The van der Waals surface area contributed by atoms with Crippen LogP contribution in [0.5, 0.6) is 0 Å². The number of piperidine rings is 1. The summed E-state index contributed by atoms with van der Waals surface area (Å²) in [7, 11) is 0. The minimum Gasteiger partial charge on any atom is -0.351 e. The minimum atomic E-state index is -0.175. The van der Waals surface area contributed by atoms with E-state index in [9.17, 15) is 0 Å². The van der Waals surface area contributed by atoms with E-state index in [0.29, 0.717) is 12.0 Å². The van der Waals surface area contributed by atoms with Gasteiger partial charge in [0.2, 0.25) is 5.95 Å². The monoisotopic (exact) mass is 396 g/mol. The zero-order chi connectivity index (χ0) is 21.3. The normalized spacial score (nSPS) is 19.1. The molecule has 1 fully saturated rings. The number of pyridine rings is 1. The lowest BCUT2D eigenvalue weighted by Crippen LogP contribution is -2.60. The van der Waals surface area contributed by atoms with Gasteiger partial charge in [-0.15, -0.1) is 0 Å². The Hall–Kier alpha value is -2.05. The highest BCUT2D eigenvalue weighted by atomic mass is 15.1.